The fraction of sp³-hybridized carbons (Fsp3) is 0.208. The average Bonchev–Trinajstić information content (AvgIpc) is 3.22. The van der Waals surface area contributed by atoms with Crippen LogP contribution in [0.15, 0.2) is 85.2 Å². The zero-order valence-electron chi connectivity index (χ0n) is 16.9. The summed E-state index contributed by atoms with van der Waals surface area (Å²) in [6.07, 6.45) is 6.41. The third-order valence-corrected chi connectivity index (χ3v) is 4.63. The van der Waals surface area contributed by atoms with E-state index >= 15 is 0 Å². The minimum Gasteiger partial charge on any atom is -0.478 e. The summed E-state index contributed by atoms with van der Waals surface area (Å²) in [7, 11) is 2.19. The molecule has 30 heavy (non-hydrogen) atoms. The third-order valence-electron chi connectivity index (χ3n) is 4.63. The maximum absolute atomic E-state index is 10.2. The van der Waals surface area contributed by atoms with Crippen molar-refractivity contribution in [1.82, 2.24) is 9.88 Å². The minimum atomic E-state index is -0.879. The van der Waals surface area contributed by atoms with Gasteiger partial charge in [0.2, 0.25) is 0 Å². The van der Waals surface area contributed by atoms with Gasteiger partial charge in [0.05, 0.1) is 11.1 Å². The van der Waals surface area contributed by atoms with Crippen molar-refractivity contribution in [1.29, 1.82) is 0 Å². The molecule has 6 heteroatoms. The molecule has 2 N–H and O–H groups in total. The molecule has 0 aliphatic carbocycles. The summed E-state index contributed by atoms with van der Waals surface area (Å²) in [5.74, 6) is -1.76. The molecular weight excluding hydrogens is 380 g/mol. The van der Waals surface area contributed by atoms with Crippen molar-refractivity contribution < 1.29 is 19.8 Å². The molecule has 0 radical (unpaired) electrons. The lowest BCUT2D eigenvalue weighted by atomic mass is 10.1. The summed E-state index contributed by atoms with van der Waals surface area (Å²) in [6.45, 7) is 1.22. The van der Waals surface area contributed by atoms with Crippen LogP contribution in [0.3, 0.4) is 0 Å². The molecule has 0 saturated carbocycles. The molecule has 0 bridgehead atoms. The molecule has 2 heterocycles. The van der Waals surface area contributed by atoms with Crippen LogP contribution in [0.25, 0.3) is 0 Å². The SMILES string of the molecule is CN1CCC[C@H]1c1cccnc1.O=C(O)c1ccccc1.O=C(O)c1ccccc1. The number of aromatic carboxylic acids is 2. The first kappa shape index (κ1) is 22.8. The lowest BCUT2D eigenvalue weighted by Crippen LogP contribution is -2.17. The maximum Gasteiger partial charge on any atom is 0.335 e. The number of likely N-dealkylation sites (tertiary alicyclic amines) is 1. The van der Waals surface area contributed by atoms with Crippen LogP contribution in [-0.2, 0) is 0 Å². The van der Waals surface area contributed by atoms with Crippen LogP contribution in [0.1, 0.15) is 45.2 Å². The Morgan fingerprint density at radius 3 is 1.73 bits per heavy atom. The van der Waals surface area contributed by atoms with Crippen LogP contribution in [-0.4, -0.2) is 45.6 Å². The Balaban J connectivity index is 0.000000163. The lowest BCUT2D eigenvalue weighted by Gasteiger charge is -2.18. The summed E-state index contributed by atoms with van der Waals surface area (Å²) in [5.41, 5.74) is 2.02. The topological polar surface area (TPSA) is 90.7 Å². The van der Waals surface area contributed by atoms with Gasteiger partial charge in [-0.15, -0.1) is 0 Å². The lowest BCUT2D eigenvalue weighted by molar-refractivity contribution is 0.0686. The van der Waals surface area contributed by atoms with Crippen LogP contribution >= 0.6 is 0 Å². The number of aromatic nitrogens is 1. The van der Waals surface area contributed by atoms with Crippen molar-refractivity contribution in [3.05, 3.63) is 102 Å². The van der Waals surface area contributed by atoms with Crippen molar-refractivity contribution in [2.24, 2.45) is 0 Å². The van der Waals surface area contributed by atoms with Gasteiger partial charge in [-0.3, -0.25) is 9.88 Å². The summed E-state index contributed by atoms with van der Waals surface area (Å²) < 4.78 is 0. The average molecular weight is 406 g/mol. The number of nitrogens with zero attached hydrogens (tertiary/aromatic N) is 2. The number of benzene rings is 2. The molecule has 1 aromatic heterocycles. The zero-order chi connectivity index (χ0) is 21.8. The van der Waals surface area contributed by atoms with Crippen LogP contribution in [0.2, 0.25) is 0 Å². The van der Waals surface area contributed by atoms with E-state index in [-0.39, 0.29) is 0 Å². The summed E-state index contributed by atoms with van der Waals surface area (Å²) in [6, 6.07) is 21.4. The van der Waals surface area contributed by atoms with Gasteiger partial charge >= 0.3 is 11.9 Å². The van der Waals surface area contributed by atoms with E-state index in [2.05, 4.69) is 23.0 Å². The molecule has 6 nitrogen and oxygen atoms in total. The van der Waals surface area contributed by atoms with Gasteiger partial charge in [-0.05, 0) is 62.3 Å². The van der Waals surface area contributed by atoms with E-state index in [4.69, 9.17) is 10.2 Å². The van der Waals surface area contributed by atoms with E-state index in [0.29, 0.717) is 17.2 Å². The van der Waals surface area contributed by atoms with Crippen molar-refractivity contribution >= 4 is 11.9 Å². The Hall–Kier alpha value is -3.51. The first-order valence-corrected chi connectivity index (χ1v) is 9.66. The first-order valence-electron chi connectivity index (χ1n) is 9.66. The van der Waals surface area contributed by atoms with Gasteiger partial charge in [-0.25, -0.2) is 9.59 Å². The second-order valence-corrected chi connectivity index (χ2v) is 6.77. The second-order valence-electron chi connectivity index (χ2n) is 6.77. The smallest absolute Gasteiger partial charge is 0.335 e. The quantitative estimate of drug-likeness (QED) is 0.660. The third kappa shape index (κ3) is 7.48. The van der Waals surface area contributed by atoms with Crippen molar-refractivity contribution in [3.8, 4) is 0 Å². The molecule has 4 rings (SSSR count). The standard InChI is InChI=1S/C10H14N2.2C7H6O2/c1-12-7-3-5-10(12)9-4-2-6-11-8-9;2*8-7(9)6-4-2-1-3-5-6/h2,4,6,8,10H,3,5,7H2,1H3;2*1-5H,(H,8,9)/t10-;;/m0../s1. The normalized spacial score (nSPS) is 15.2. The Morgan fingerprint density at radius 2 is 1.40 bits per heavy atom. The number of carbonyl (C=O) groups is 2. The molecule has 1 saturated heterocycles. The van der Waals surface area contributed by atoms with Crippen molar-refractivity contribution in [2.45, 2.75) is 18.9 Å². The molecule has 3 aromatic rings. The van der Waals surface area contributed by atoms with E-state index in [9.17, 15) is 9.59 Å². The second kappa shape index (κ2) is 12.1. The number of rotatable bonds is 3. The Bertz CT molecular complexity index is 853. The summed E-state index contributed by atoms with van der Waals surface area (Å²) in [4.78, 5) is 26.9. The molecule has 1 atom stereocenters. The molecule has 1 fully saturated rings. The fourth-order valence-electron chi connectivity index (χ4n) is 3.07. The number of pyridine rings is 1. The Kier molecular flexibility index (Phi) is 9.21. The number of hydrogen-bond donors (Lipinski definition) is 2. The van der Waals surface area contributed by atoms with Gasteiger partial charge in [-0.2, -0.15) is 0 Å². The largest absolute Gasteiger partial charge is 0.478 e. The van der Waals surface area contributed by atoms with E-state index in [1.165, 1.54) is 24.9 Å². The minimum absolute atomic E-state index is 0.331. The number of carboxylic acids is 2. The number of carboxylic acid groups (broad SMARTS) is 2. The monoisotopic (exact) mass is 406 g/mol. The molecule has 0 amide bonds. The Morgan fingerprint density at radius 1 is 0.867 bits per heavy atom. The highest BCUT2D eigenvalue weighted by molar-refractivity contribution is 5.87. The highest BCUT2D eigenvalue weighted by Crippen LogP contribution is 2.29. The van der Waals surface area contributed by atoms with Gasteiger partial charge in [-0.1, -0.05) is 42.5 Å². The van der Waals surface area contributed by atoms with E-state index in [0.717, 1.165) is 0 Å². The van der Waals surface area contributed by atoms with Gasteiger partial charge in [0.25, 0.3) is 0 Å². The van der Waals surface area contributed by atoms with Crippen LogP contribution in [0.4, 0.5) is 0 Å². The predicted octanol–water partition coefficient (Wildman–Crippen LogP) is 4.62. The fourth-order valence-corrected chi connectivity index (χ4v) is 3.07. The van der Waals surface area contributed by atoms with Crippen LogP contribution < -0.4 is 0 Å². The van der Waals surface area contributed by atoms with Gasteiger partial charge in [0, 0.05) is 18.4 Å². The van der Waals surface area contributed by atoms with Crippen molar-refractivity contribution in [3.63, 3.8) is 0 Å². The molecule has 0 unspecified atom stereocenters. The molecule has 0 spiro atoms. The van der Waals surface area contributed by atoms with Gasteiger partial charge in [0.15, 0.2) is 0 Å². The summed E-state index contributed by atoms with van der Waals surface area (Å²) >= 11 is 0. The van der Waals surface area contributed by atoms with Gasteiger partial charge < -0.3 is 10.2 Å². The van der Waals surface area contributed by atoms with E-state index < -0.39 is 11.9 Å². The maximum atomic E-state index is 10.2. The van der Waals surface area contributed by atoms with Gasteiger partial charge in [0.1, 0.15) is 0 Å². The highest BCUT2D eigenvalue weighted by Gasteiger charge is 2.21. The molecule has 1 aliphatic heterocycles. The zero-order valence-corrected chi connectivity index (χ0v) is 16.9. The van der Waals surface area contributed by atoms with E-state index in [1.54, 1.807) is 60.7 Å². The number of hydrogen-bond acceptors (Lipinski definition) is 4. The molecule has 156 valence electrons. The summed E-state index contributed by atoms with van der Waals surface area (Å²) in [5, 5.41) is 16.8. The van der Waals surface area contributed by atoms with E-state index in [1.807, 2.05) is 18.5 Å². The molecular formula is C24H26N2O4. The van der Waals surface area contributed by atoms with Crippen molar-refractivity contribution in [2.75, 3.05) is 13.6 Å². The Labute approximate surface area is 176 Å². The first-order chi connectivity index (χ1) is 14.5. The highest BCUT2D eigenvalue weighted by atomic mass is 16.4. The van der Waals surface area contributed by atoms with Crippen LogP contribution in [0.5, 0.6) is 0 Å². The predicted molar refractivity (Wildman–Crippen MR) is 116 cm³/mol. The molecule has 2 aromatic carbocycles. The molecule has 1 aliphatic rings. The van der Waals surface area contributed by atoms with Crippen LogP contribution in [0, 0.1) is 0 Å².